The number of anilines is 1. The molecule has 0 aliphatic rings. The van der Waals surface area contributed by atoms with Crippen molar-refractivity contribution in [3.63, 3.8) is 0 Å². The maximum absolute atomic E-state index is 5.37. The molecule has 2 aromatic carbocycles. The highest BCUT2D eigenvalue weighted by molar-refractivity contribution is 6.07. The lowest BCUT2D eigenvalue weighted by Crippen LogP contribution is -2.01. The van der Waals surface area contributed by atoms with Crippen molar-refractivity contribution in [2.45, 2.75) is 6.92 Å². The summed E-state index contributed by atoms with van der Waals surface area (Å²) in [5, 5.41) is 5.56. The van der Waals surface area contributed by atoms with Crippen LogP contribution in [0.5, 0.6) is 0 Å². The van der Waals surface area contributed by atoms with Gasteiger partial charge in [0, 0.05) is 10.8 Å². The zero-order valence-electron chi connectivity index (χ0n) is 10.8. The molecule has 0 aliphatic heterocycles. The van der Waals surface area contributed by atoms with Gasteiger partial charge in [-0.25, -0.2) is 4.98 Å². The minimum atomic E-state index is 0.511. The number of para-hydroxylation sites is 1. The first kappa shape index (κ1) is 11.6. The van der Waals surface area contributed by atoms with E-state index in [0.717, 1.165) is 27.5 Å². The highest BCUT2D eigenvalue weighted by Gasteiger charge is 2.08. The van der Waals surface area contributed by atoms with Crippen molar-refractivity contribution in [1.82, 2.24) is 4.98 Å². The average Bonchev–Trinajstić information content (AvgIpc) is 2.44. The van der Waals surface area contributed by atoms with Gasteiger partial charge in [-0.2, -0.15) is 0 Å². The second kappa shape index (κ2) is 4.62. The van der Waals surface area contributed by atoms with Gasteiger partial charge in [0.1, 0.15) is 0 Å². The van der Waals surface area contributed by atoms with Gasteiger partial charge in [-0.15, -0.1) is 6.42 Å². The standard InChI is InChI=1S/C17H14N2/c1-3-10-18-17-13-6-4-5-7-15(13)19-16-9-8-12(2)11-14(16)17/h1,4-9,11H,10H2,2H3,(H,18,19). The maximum Gasteiger partial charge on any atom is 0.0763 e. The van der Waals surface area contributed by atoms with Crippen LogP contribution in [-0.2, 0) is 0 Å². The van der Waals surface area contributed by atoms with Gasteiger partial charge >= 0.3 is 0 Å². The summed E-state index contributed by atoms with van der Waals surface area (Å²) in [6, 6.07) is 14.4. The molecular formula is C17H14N2. The Morgan fingerprint density at radius 1 is 1.11 bits per heavy atom. The number of benzene rings is 2. The topological polar surface area (TPSA) is 24.9 Å². The molecule has 0 spiro atoms. The van der Waals surface area contributed by atoms with Gasteiger partial charge in [0.05, 0.1) is 23.3 Å². The van der Waals surface area contributed by atoms with Crippen molar-refractivity contribution < 1.29 is 0 Å². The molecule has 1 N–H and O–H groups in total. The number of rotatable bonds is 2. The third-order valence-electron chi connectivity index (χ3n) is 3.20. The van der Waals surface area contributed by atoms with Crippen molar-refractivity contribution in [3.8, 4) is 12.3 Å². The minimum Gasteiger partial charge on any atom is -0.373 e. The normalized spacial score (nSPS) is 10.5. The zero-order valence-corrected chi connectivity index (χ0v) is 10.8. The summed E-state index contributed by atoms with van der Waals surface area (Å²) in [4.78, 5) is 4.70. The number of aryl methyl sites for hydroxylation is 1. The number of aromatic nitrogens is 1. The smallest absolute Gasteiger partial charge is 0.0763 e. The molecule has 0 bridgehead atoms. The van der Waals surface area contributed by atoms with Gasteiger partial charge in [0.25, 0.3) is 0 Å². The maximum atomic E-state index is 5.37. The lowest BCUT2D eigenvalue weighted by atomic mass is 10.1. The van der Waals surface area contributed by atoms with Gasteiger partial charge in [-0.3, -0.25) is 0 Å². The fourth-order valence-corrected chi connectivity index (χ4v) is 2.33. The lowest BCUT2D eigenvalue weighted by molar-refractivity contribution is 1.39. The molecule has 3 aromatic rings. The molecule has 92 valence electrons. The number of fused-ring (bicyclic) bond motifs is 2. The third-order valence-corrected chi connectivity index (χ3v) is 3.20. The van der Waals surface area contributed by atoms with Crippen LogP contribution in [0.1, 0.15) is 5.56 Å². The van der Waals surface area contributed by atoms with Crippen LogP contribution in [0.4, 0.5) is 5.69 Å². The first-order valence-corrected chi connectivity index (χ1v) is 6.26. The molecule has 2 heteroatoms. The Bertz CT molecular complexity index is 797. The number of terminal acetylenes is 1. The molecule has 0 fully saturated rings. The second-order valence-electron chi connectivity index (χ2n) is 4.58. The van der Waals surface area contributed by atoms with Crippen molar-refractivity contribution in [2.24, 2.45) is 0 Å². The Labute approximate surface area is 112 Å². The summed E-state index contributed by atoms with van der Waals surface area (Å²) in [6.07, 6.45) is 5.37. The summed E-state index contributed by atoms with van der Waals surface area (Å²) in [7, 11) is 0. The molecule has 0 atom stereocenters. The summed E-state index contributed by atoms with van der Waals surface area (Å²) >= 11 is 0. The number of pyridine rings is 1. The van der Waals surface area contributed by atoms with E-state index in [-0.39, 0.29) is 0 Å². The fraction of sp³-hybridized carbons (Fsp3) is 0.118. The first-order chi connectivity index (χ1) is 9.29. The lowest BCUT2D eigenvalue weighted by Gasteiger charge is -2.12. The summed E-state index contributed by atoms with van der Waals surface area (Å²) in [5.74, 6) is 2.63. The van der Waals surface area contributed by atoms with E-state index in [1.807, 2.05) is 18.2 Å². The first-order valence-electron chi connectivity index (χ1n) is 6.26. The van der Waals surface area contributed by atoms with Gasteiger partial charge in [-0.1, -0.05) is 35.7 Å². The molecule has 0 saturated heterocycles. The van der Waals surface area contributed by atoms with E-state index in [4.69, 9.17) is 11.4 Å². The molecule has 0 saturated carbocycles. The monoisotopic (exact) mass is 246 g/mol. The summed E-state index contributed by atoms with van der Waals surface area (Å²) in [6.45, 7) is 2.59. The van der Waals surface area contributed by atoms with Gasteiger partial charge in [0.2, 0.25) is 0 Å². The van der Waals surface area contributed by atoms with Gasteiger partial charge in [-0.05, 0) is 25.1 Å². The molecule has 19 heavy (non-hydrogen) atoms. The highest BCUT2D eigenvalue weighted by atomic mass is 14.9. The number of nitrogens with zero attached hydrogens (tertiary/aromatic N) is 1. The fourth-order valence-electron chi connectivity index (χ4n) is 2.33. The molecule has 0 unspecified atom stereocenters. The SMILES string of the molecule is C#CCNc1c2ccccc2nc2ccc(C)cc12. The average molecular weight is 246 g/mol. The van der Waals surface area contributed by atoms with Gasteiger partial charge in [0.15, 0.2) is 0 Å². The molecule has 0 amide bonds. The van der Waals surface area contributed by atoms with Crippen LogP contribution in [0.15, 0.2) is 42.5 Å². The number of hydrogen-bond donors (Lipinski definition) is 1. The molecule has 0 aliphatic carbocycles. The van der Waals surface area contributed by atoms with Crippen LogP contribution in [0, 0.1) is 19.3 Å². The van der Waals surface area contributed by atoms with E-state index in [1.165, 1.54) is 5.56 Å². The third kappa shape index (κ3) is 2.00. The Balaban J connectivity index is 2.40. The van der Waals surface area contributed by atoms with Crippen LogP contribution in [0.2, 0.25) is 0 Å². The minimum absolute atomic E-state index is 0.511. The van der Waals surface area contributed by atoms with Crippen LogP contribution in [0.25, 0.3) is 21.8 Å². The molecule has 1 heterocycles. The van der Waals surface area contributed by atoms with E-state index < -0.39 is 0 Å². The van der Waals surface area contributed by atoms with Crippen molar-refractivity contribution >= 4 is 27.5 Å². The Morgan fingerprint density at radius 3 is 2.74 bits per heavy atom. The van der Waals surface area contributed by atoms with E-state index in [9.17, 15) is 0 Å². The Hall–Kier alpha value is -2.53. The Morgan fingerprint density at radius 2 is 1.89 bits per heavy atom. The summed E-state index contributed by atoms with van der Waals surface area (Å²) in [5.41, 5.74) is 4.26. The van der Waals surface area contributed by atoms with Crippen molar-refractivity contribution in [3.05, 3.63) is 48.0 Å². The number of nitrogens with one attached hydrogen (secondary N) is 1. The predicted octanol–water partition coefficient (Wildman–Crippen LogP) is 3.74. The largest absolute Gasteiger partial charge is 0.373 e. The molecule has 3 rings (SSSR count). The highest BCUT2D eigenvalue weighted by Crippen LogP contribution is 2.31. The van der Waals surface area contributed by atoms with Crippen LogP contribution in [-0.4, -0.2) is 11.5 Å². The van der Waals surface area contributed by atoms with E-state index >= 15 is 0 Å². The Kier molecular flexibility index (Phi) is 2.81. The quantitative estimate of drug-likeness (QED) is 0.550. The van der Waals surface area contributed by atoms with Crippen molar-refractivity contribution in [1.29, 1.82) is 0 Å². The molecule has 1 aromatic heterocycles. The second-order valence-corrected chi connectivity index (χ2v) is 4.58. The van der Waals surface area contributed by atoms with E-state index in [1.54, 1.807) is 0 Å². The molecule has 2 nitrogen and oxygen atoms in total. The van der Waals surface area contributed by atoms with Gasteiger partial charge < -0.3 is 5.32 Å². The molecular weight excluding hydrogens is 232 g/mol. The van der Waals surface area contributed by atoms with Crippen LogP contribution >= 0.6 is 0 Å². The van der Waals surface area contributed by atoms with E-state index in [0.29, 0.717) is 6.54 Å². The van der Waals surface area contributed by atoms with Crippen LogP contribution in [0.3, 0.4) is 0 Å². The number of hydrogen-bond acceptors (Lipinski definition) is 2. The zero-order chi connectivity index (χ0) is 13.2. The van der Waals surface area contributed by atoms with Crippen molar-refractivity contribution in [2.75, 3.05) is 11.9 Å². The summed E-state index contributed by atoms with van der Waals surface area (Å²) < 4.78 is 0. The van der Waals surface area contributed by atoms with Crippen LogP contribution < -0.4 is 5.32 Å². The van der Waals surface area contributed by atoms with E-state index in [2.05, 4.69) is 42.4 Å². The predicted molar refractivity (Wildman–Crippen MR) is 81.3 cm³/mol. The molecule has 0 radical (unpaired) electrons.